The first-order valence-corrected chi connectivity index (χ1v) is 14.2. The summed E-state index contributed by atoms with van der Waals surface area (Å²) in [4.78, 5) is 42.6. The van der Waals surface area contributed by atoms with Crippen molar-refractivity contribution in [2.75, 3.05) is 0 Å². The monoisotopic (exact) mass is 588 g/mol. The fourth-order valence-electron chi connectivity index (χ4n) is 4.86. The van der Waals surface area contributed by atoms with Gasteiger partial charge in [-0.15, -0.1) is 0 Å². The second-order valence-corrected chi connectivity index (χ2v) is 10.9. The van der Waals surface area contributed by atoms with E-state index in [1.54, 1.807) is 29.2 Å². The van der Waals surface area contributed by atoms with Gasteiger partial charge < -0.3 is 9.67 Å². The van der Waals surface area contributed by atoms with Crippen molar-refractivity contribution < 1.29 is 19.6 Å². The van der Waals surface area contributed by atoms with Gasteiger partial charge in [0.05, 0.1) is 27.6 Å². The molecule has 1 amide bonds. The van der Waals surface area contributed by atoms with Crippen molar-refractivity contribution in [3.8, 4) is 0 Å². The van der Waals surface area contributed by atoms with E-state index in [9.17, 15) is 24.8 Å². The van der Waals surface area contributed by atoms with E-state index in [1.807, 2.05) is 66.9 Å². The second kappa shape index (κ2) is 11.8. The number of aromatic nitrogens is 1. The molecule has 1 N–H and O–H groups in total. The molecular formula is C33H24N4O5S. The number of amides is 1. The number of para-hydroxylation sites is 2. The Morgan fingerprint density at radius 1 is 0.884 bits per heavy atom. The fraction of sp³-hybridized carbons (Fsp3) is 0.0606. The van der Waals surface area contributed by atoms with Gasteiger partial charge in [-0.2, -0.15) is 0 Å². The molecule has 0 spiro atoms. The predicted octanol–water partition coefficient (Wildman–Crippen LogP) is 7.10. The number of hydrogen-bond donors (Lipinski definition) is 1. The van der Waals surface area contributed by atoms with E-state index in [4.69, 9.17) is 4.99 Å². The van der Waals surface area contributed by atoms with Crippen LogP contribution in [0, 0.1) is 10.1 Å². The molecule has 0 radical (unpaired) electrons. The van der Waals surface area contributed by atoms with Crippen LogP contribution in [0.15, 0.2) is 119 Å². The molecule has 1 aliphatic heterocycles. The van der Waals surface area contributed by atoms with Crippen LogP contribution in [0.25, 0.3) is 17.0 Å². The lowest BCUT2D eigenvalue weighted by atomic mass is 10.1. The molecule has 1 fully saturated rings. The van der Waals surface area contributed by atoms with Gasteiger partial charge >= 0.3 is 5.97 Å². The summed E-state index contributed by atoms with van der Waals surface area (Å²) in [6, 6.07) is 30.2. The number of aromatic carboxylic acids is 1. The molecule has 0 atom stereocenters. The highest BCUT2D eigenvalue weighted by Crippen LogP contribution is 2.36. The maximum Gasteiger partial charge on any atom is 0.335 e. The lowest BCUT2D eigenvalue weighted by Gasteiger charge is -2.16. The van der Waals surface area contributed by atoms with E-state index in [1.165, 1.54) is 36.0 Å². The summed E-state index contributed by atoms with van der Waals surface area (Å²) in [5, 5.41) is 21.8. The molecule has 1 saturated heterocycles. The van der Waals surface area contributed by atoms with Crippen molar-refractivity contribution in [2.24, 2.45) is 4.99 Å². The summed E-state index contributed by atoms with van der Waals surface area (Å²) in [6.07, 6.45) is 3.85. The number of amidine groups is 1. The largest absolute Gasteiger partial charge is 0.478 e. The average molecular weight is 589 g/mol. The molecule has 6 rings (SSSR count). The molecule has 4 aromatic carbocycles. The molecule has 5 aromatic rings. The summed E-state index contributed by atoms with van der Waals surface area (Å²) in [5.41, 5.74) is 4.45. The number of nitro benzene ring substituents is 1. The summed E-state index contributed by atoms with van der Waals surface area (Å²) in [5.74, 6) is -1.21. The number of nitro groups is 1. The SMILES string of the molecule is O=C(O)c1ccc(CN2C(=O)/C(=C/c3cn(Cc4ccc([N+](=O)[O-])cc4)c4ccccc34)SC2=Nc2ccccc2)cc1. The Bertz CT molecular complexity index is 1910. The smallest absolute Gasteiger partial charge is 0.335 e. The third kappa shape index (κ3) is 5.95. The van der Waals surface area contributed by atoms with Crippen molar-refractivity contribution in [1.29, 1.82) is 0 Å². The van der Waals surface area contributed by atoms with E-state index in [0.717, 1.165) is 27.6 Å². The number of aliphatic imine (C=N–C) groups is 1. The van der Waals surface area contributed by atoms with Crippen molar-refractivity contribution in [3.63, 3.8) is 0 Å². The Kier molecular flexibility index (Phi) is 7.59. The zero-order valence-corrected chi connectivity index (χ0v) is 23.5. The Hall–Kier alpha value is -5.48. The van der Waals surface area contributed by atoms with Gasteiger partial charge in [-0.25, -0.2) is 9.79 Å². The van der Waals surface area contributed by atoms with Gasteiger partial charge in [-0.3, -0.25) is 19.8 Å². The average Bonchev–Trinajstić information content (AvgIpc) is 3.50. The number of hydrogen-bond acceptors (Lipinski definition) is 6. The third-order valence-electron chi connectivity index (χ3n) is 7.02. The second-order valence-electron chi connectivity index (χ2n) is 9.89. The Labute approximate surface area is 250 Å². The normalized spacial score (nSPS) is 15.1. The zero-order chi connectivity index (χ0) is 29.9. The molecule has 1 aliphatic rings. The molecule has 0 unspecified atom stereocenters. The van der Waals surface area contributed by atoms with Crippen molar-refractivity contribution >= 4 is 57.2 Å². The molecule has 1 aromatic heterocycles. The van der Waals surface area contributed by atoms with Crippen LogP contribution < -0.4 is 0 Å². The van der Waals surface area contributed by atoms with Crippen molar-refractivity contribution in [2.45, 2.75) is 13.1 Å². The van der Waals surface area contributed by atoms with Gasteiger partial charge in [-0.1, -0.05) is 60.7 Å². The Balaban J connectivity index is 1.35. The number of carboxylic acid groups (broad SMARTS) is 1. The van der Waals surface area contributed by atoms with Gasteiger partial charge in [0.15, 0.2) is 5.17 Å². The first kappa shape index (κ1) is 27.7. The first-order chi connectivity index (χ1) is 20.9. The quantitative estimate of drug-likeness (QED) is 0.117. The summed E-state index contributed by atoms with van der Waals surface area (Å²) >= 11 is 1.29. The van der Waals surface area contributed by atoms with Crippen LogP contribution in [-0.4, -0.2) is 36.5 Å². The minimum Gasteiger partial charge on any atom is -0.478 e. The van der Waals surface area contributed by atoms with Crippen LogP contribution in [0.2, 0.25) is 0 Å². The lowest BCUT2D eigenvalue weighted by Crippen LogP contribution is -2.28. The van der Waals surface area contributed by atoms with E-state index in [0.29, 0.717) is 22.3 Å². The van der Waals surface area contributed by atoms with E-state index >= 15 is 0 Å². The van der Waals surface area contributed by atoms with E-state index in [-0.39, 0.29) is 23.7 Å². The third-order valence-corrected chi connectivity index (χ3v) is 8.02. The number of thioether (sulfide) groups is 1. The molecular weight excluding hydrogens is 564 g/mol. The standard InChI is InChI=1S/C33H24N4O5S/c38-31-30(18-25-21-35(29-9-5-4-8-28(25)29)19-22-12-16-27(17-13-22)37(41)42)43-33(34-26-6-2-1-3-7-26)36(31)20-23-10-14-24(15-11-23)32(39)40/h1-18,21H,19-20H2,(H,39,40)/b30-18-,34-33?. The van der Waals surface area contributed by atoms with E-state index < -0.39 is 10.9 Å². The minimum atomic E-state index is -1.01. The van der Waals surface area contributed by atoms with Crippen LogP contribution in [0.5, 0.6) is 0 Å². The Morgan fingerprint density at radius 3 is 2.23 bits per heavy atom. The number of non-ortho nitro benzene ring substituents is 1. The summed E-state index contributed by atoms with van der Waals surface area (Å²) in [7, 11) is 0. The topological polar surface area (TPSA) is 118 Å². The van der Waals surface area contributed by atoms with Gasteiger partial charge in [0.25, 0.3) is 11.6 Å². The van der Waals surface area contributed by atoms with Gasteiger partial charge in [0, 0.05) is 41.3 Å². The highest BCUT2D eigenvalue weighted by molar-refractivity contribution is 8.18. The van der Waals surface area contributed by atoms with Gasteiger partial charge in [0.1, 0.15) is 0 Å². The first-order valence-electron chi connectivity index (χ1n) is 13.3. The predicted molar refractivity (Wildman–Crippen MR) is 167 cm³/mol. The molecule has 0 aliphatic carbocycles. The number of carbonyl (C=O) groups is 2. The van der Waals surface area contributed by atoms with Crippen molar-refractivity contribution in [3.05, 3.63) is 147 Å². The highest BCUT2D eigenvalue weighted by atomic mass is 32.2. The highest BCUT2D eigenvalue weighted by Gasteiger charge is 2.34. The maximum atomic E-state index is 13.8. The van der Waals surface area contributed by atoms with E-state index in [2.05, 4.69) is 4.57 Å². The van der Waals surface area contributed by atoms with Crippen LogP contribution in [0.3, 0.4) is 0 Å². The molecule has 43 heavy (non-hydrogen) atoms. The summed E-state index contributed by atoms with van der Waals surface area (Å²) in [6.45, 7) is 0.735. The molecule has 0 bridgehead atoms. The zero-order valence-electron chi connectivity index (χ0n) is 22.7. The Morgan fingerprint density at radius 2 is 1.53 bits per heavy atom. The minimum absolute atomic E-state index is 0.0404. The molecule has 2 heterocycles. The lowest BCUT2D eigenvalue weighted by molar-refractivity contribution is -0.384. The van der Waals surface area contributed by atoms with Gasteiger partial charge in [-0.05, 0) is 59.3 Å². The van der Waals surface area contributed by atoms with Crippen LogP contribution in [0.4, 0.5) is 11.4 Å². The van der Waals surface area contributed by atoms with Crippen molar-refractivity contribution in [1.82, 2.24) is 9.47 Å². The molecule has 10 heteroatoms. The number of carbonyl (C=O) groups excluding carboxylic acids is 1. The number of rotatable bonds is 8. The van der Waals surface area contributed by atoms with Crippen LogP contribution in [0.1, 0.15) is 27.0 Å². The van der Waals surface area contributed by atoms with Crippen LogP contribution in [-0.2, 0) is 17.9 Å². The molecule has 0 saturated carbocycles. The fourth-order valence-corrected chi connectivity index (χ4v) is 5.85. The molecule has 9 nitrogen and oxygen atoms in total. The number of fused-ring (bicyclic) bond motifs is 1. The number of carboxylic acids is 1. The number of benzene rings is 4. The maximum absolute atomic E-state index is 13.8. The summed E-state index contributed by atoms with van der Waals surface area (Å²) < 4.78 is 2.06. The number of nitrogens with zero attached hydrogens (tertiary/aromatic N) is 4. The van der Waals surface area contributed by atoms with Crippen LogP contribution >= 0.6 is 11.8 Å². The van der Waals surface area contributed by atoms with Gasteiger partial charge in [0.2, 0.25) is 0 Å². The molecule has 212 valence electrons.